The molecule has 2 atom stereocenters. The van der Waals surface area contributed by atoms with Gasteiger partial charge in [-0.05, 0) is 38.6 Å². The van der Waals surface area contributed by atoms with E-state index in [9.17, 15) is 0 Å². The Kier molecular flexibility index (Phi) is 3.93. The van der Waals surface area contributed by atoms with Gasteiger partial charge in [-0.1, -0.05) is 18.5 Å². The fourth-order valence-electron chi connectivity index (χ4n) is 2.42. The highest BCUT2D eigenvalue weighted by Gasteiger charge is 2.22. The Morgan fingerprint density at radius 2 is 2.31 bits per heavy atom. The average molecular weight is 223 g/mol. The Balaban J connectivity index is 1.61. The van der Waals surface area contributed by atoms with Gasteiger partial charge in [-0.25, -0.2) is 0 Å². The molecular formula is C12H21N3O. The third kappa shape index (κ3) is 3.04. The zero-order valence-corrected chi connectivity index (χ0v) is 10.2. The lowest BCUT2D eigenvalue weighted by Gasteiger charge is -2.16. The summed E-state index contributed by atoms with van der Waals surface area (Å²) in [5.74, 6) is 2.33. The molecule has 1 aliphatic carbocycles. The SMILES string of the molecule is Cc1noc(CCCNC2CCCC2C)n1. The van der Waals surface area contributed by atoms with Crippen molar-refractivity contribution in [3.8, 4) is 0 Å². The van der Waals surface area contributed by atoms with E-state index in [-0.39, 0.29) is 0 Å². The molecule has 4 nitrogen and oxygen atoms in total. The van der Waals surface area contributed by atoms with Crippen LogP contribution in [0.4, 0.5) is 0 Å². The molecular weight excluding hydrogens is 202 g/mol. The molecule has 0 radical (unpaired) electrons. The molecule has 1 aliphatic rings. The van der Waals surface area contributed by atoms with Crippen molar-refractivity contribution in [1.29, 1.82) is 0 Å². The lowest BCUT2D eigenvalue weighted by molar-refractivity contribution is 0.365. The van der Waals surface area contributed by atoms with Crippen molar-refractivity contribution in [2.45, 2.75) is 52.0 Å². The zero-order valence-electron chi connectivity index (χ0n) is 10.2. The molecule has 0 bridgehead atoms. The first-order valence-electron chi connectivity index (χ1n) is 6.28. The fraction of sp³-hybridized carbons (Fsp3) is 0.833. The first-order chi connectivity index (χ1) is 7.75. The summed E-state index contributed by atoms with van der Waals surface area (Å²) in [5.41, 5.74) is 0. The van der Waals surface area contributed by atoms with E-state index >= 15 is 0 Å². The van der Waals surface area contributed by atoms with Crippen LogP contribution in [0, 0.1) is 12.8 Å². The van der Waals surface area contributed by atoms with Gasteiger partial charge < -0.3 is 9.84 Å². The summed E-state index contributed by atoms with van der Waals surface area (Å²) in [6.45, 7) is 5.24. The lowest BCUT2D eigenvalue weighted by atomic mass is 10.1. The molecule has 4 heteroatoms. The standard InChI is InChI=1S/C12H21N3O/c1-9-5-3-6-11(9)13-8-4-7-12-14-10(2)15-16-12/h9,11,13H,3-8H2,1-2H3. The van der Waals surface area contributed by atoms with E-state index in [1.54, 1.807) is 0 Å². The van der Waals surface area contributed by atoms with Gasteiger partial charge in [0, 0.05) is 12.5 Å². The summed E-state index contributed by atoms with van der Waals surface area (Å²) in [7, 11) is 0. The van der Waals surface area contributed by atoms with Gasteiger partial charge in [0.2, 0.25) is 5.89 Å². The van der Waals surface area contributed by atoms with Crippen LogP contribution in [0.1, 0.15) is 44.3 Å². The second kappa shape index (κ2) is 5.43. The molecule has 1 aromatic heterocycles. The van der Waals surface area contributed by atoms with Crippen molar-refractivity contribution in [3.63, 3.8) is 0 Å². The Labute approximate surface area is 96.8 Å². The van der Waals surface area contributed by atoms with E-state index in [0.717, 1.165) is 43.1 Å². The number of hydrogen-bond acceptors (Lipinski definition) is 4. The van der Waals surface area contributed by atoms with Crippen molar-refractivity contribution in [1.82, 2.24) is 15.5 Å². The second-order valence-corrected chi connectivity index (χ2v) is 4.81. The Hall–Kier alpha value is -0.900. The molecule has 16 heavy (non-hydrogen) atoms. The van der Waals surface area contributed by atoms with Crippen LogP contribution in [-0.4, -0.2) is 22.7 Å². The van der Waals surface area contributed by atoms with Crippen molar-refractivity contribution in [2.24, 2.45) is 5.92 Å². The van der Waals surface area contributed by atoms with Gasteiger partial charge in [-0.15, -0.1) is 0 Å². The number of aromatic nitrogens is 2. The van der Waals surface area contributed by atoms with E-state index in [1.165, 1.54) is 19.3 Å². The summed E-state index contributed by atoms with van der Waals surface area (Å²) in [6.07, 6.45) is 6.04. The highest BCUT2D eigenvalue weighted by molar-refractivity contribution is 4.84. The third-order valence-corrected chi connectivity index (χ3v) is 3.41. The molecule has 1 N–H and O–H groups in total. The second-order valence-electron chi connectivity index (χ2n) is 4.81. The van der Waals surface area contributed by atoms with Crippen LogP contribution >= 0.6 is 0 Å². The predicted molar refractivity (Wildman–Crippen MR) is 62.2 cm³/mol. The maximum Gasteiger partial charge on any atom is 0.226 e. The number of aryl methyl sites for hydroxylation is 2. The summed E-state index contributed by atoms with van der Waals surface area (Å²) >= 11 is 0. The largest absolute Gasteiger partial charge is 0.339 e. The molecule has 1 aromatic rings. The molecule has 0 spiro atoms. The van der Waals surface area contributed by atoms with E-state index in [2.05, 4.69) is 22.4 Å². The minimum Gasteiger partial charge on any atom is -0.339 e. The molecule has 1 fully saturated rings. The summed E-state index contributed by atoms with van der Waals surface area (Å²) in [4.78, 5) is 4.19. The first-order valence-corrected chi connectivity index (χ1v) is 6.28. The van der Waals surface area contributed by atoms with Gasteiger partial charge in [0.1, 0.15) is 0 Å². The van der Waals surface area contributed by atoms with E-state index < -0.39 is 0 Å². The fourth-order valence-corrected chi connectivity index (χ4v) is 2.42. The molecule has 2 unspecified atom stereocenters. The average Bonchev–Trinajstić information content (AvgIpc) is 2.83. The van der Waals surface area contributed by atoms with Gasteiger partial charge in [0.25, 0.3) is 0 Å². The number of hydrogen-bond donors (Lipinski definition) is 1. The van der Waals surface area contributed by atoms with Crippen LogP contribution in [0.2, 0.25) is 0 Å². The van der Waals surface area contributed by atoms with Crippen molar-refractivity contribution < 1.29 is 4.52 Å². The van der Waals surface area contributed by atoms with Gasteiger partial charge in [0.15, 0.2) is 5.82 Å². The van der Waals surface area contributed by atoms with Gasteiger partial charge in [-0.2, -0.15) is 4.98 Å². The van der Waals surface area contributed by atoms with Crippen molar-refractivity contribution in [2.75, 3.05) is 6.54 Å². The Morgan fingerprint density at radius 3 is 2.94 bits per heavy atom. The van der Waals surface area contributed by atoms with Crippen LogP contribution in [0.25, 0.3) is 0 Å². The Bertz CT molecular complexity index is 324. The molecule has 1 saturated carbocycles. The van der Waals surface area contributed by atoms with Crippen LogP contribution in [-0.2, 0) is 6.42 Å². The minimum atomic E-state index is 0.726. The van der Waals surface area contributed by atoms with Gasteiger partial charge >= 0.3 is 0 Å². The monoisotopic (exact) mass is 223 g/mol. The normalized spacial score (nSPS) is 25.1. The quantitative estimate of drug-likeness (QED) is 0.777. The van der Waals surface area contributed by atoms with Crippen molar-refractivity contribution in [3.05, 3.63) is 11.7 Å². The summed E-state index contributed by atoms with van der Waals surface area (Å²) < 4.78 is 5.07. The number of nitrogens with one attached hydrogen (secondary N) is 1. The summed E-state index contributed by atoms with van der Waals surface area (Å²) in [5, 5.41) is 7.40. The van der Waals surface area contributed by atoms with Gasteiger partial charge in [0.05, 0.1) is 0 Å². The highest BCUT2D eigenvalue weighted by atomic mass is 16.5. The van der Waals surface area contributed by atoms with E-state index in [4.69, 9.17) is 4.52 Å². The van der Waals surface area contributed by atoms with Crippen LogP contribution in [0.3, 0.4) is 0 Å². The highest BCUT2D eigenvalue weighted by Crippen LogP contribution is 2.24. The smallest absolute Gasteiger partial charge is 0.226 e. The van der Waals surface area contributed by atoms with Crippen LogP contribution in [0.15, 0.2) is 4.52 Å². The van der Waals surface area contributed by atoms with E-state index in [1.807, 2.05) is 6.92 Å². The number of nitrogens with zero attached hydrogens (tertiary/aromatic N) is 2. The Morgan fingerprint density at radius 1 is 1.44 bits per heavy atom. The van der Waals surface area contributed by atoms with Crippen molar-refractivity contribution >= 4 is 0 Å². The number of rotatable bonds is 5. The summed E-state index contributed by atoms with van der Waals surface area (Å²) in [6, 6.07) is 0.726. The molecule has 0 amide bonds. The maximum absolute atomic E-state index is 5.07. The van der Waals surface area contributed by atoms with Crippen LogP contribution in [0.5, 0.6) is 0 Å². The molecule has 2 rings (SSSR count). The first kappa shape index (κ1) is 11.6. The minimum absolute atomic E-state index is 0.726. The zero-order chi connectivity index (χ0) is 11.4. The molecule has 90 valence electrons. The van der Waals surface area contributed by atoms with Gasteiger partial charge in [-0.3, -0.25) is 0 Å². The van der Waals surface area contributed by atoms with Crippen LogP contribution < -0.4 is 5.32 Å². The predicted octanol–water partition coefficient (Wildman–Crippen LogP) is 2.09. The topological polar surface area (TPSA) is 51.0 Å². The lowest BCUT2D eigenvalue weighted by Crippen LogP contribution is -2.32. The molecule has 0 aromatic carbocycles. The molecule has 1 heterocycles. The maximum atomic E-state index is 5.07. The molecule has 0 saturated heterocycles. The third-order valence-electron chi connectivity index (χ3n) is 3.41. The van der Waals surface area contributed by atoms with E-state index in [0.29, 0.717) is 0 Å². The molecule has 0 aliphatic heterocycles.